The van der Waals surface area contributed by atoms with Gasteiger partial charge in [-0.3, -0.25) is 0 Å². The van der Waals surface area contributed by atoms with Crippen LogP contribution in [0.5, 0.6) is 17.2 Å². The molecule has 3 aromatic rings. The van der Waals surface area contributed by atoms with Gasteiger partial charge in [-0.1, -0.05) is 48.5 Å². The Labute approximate surface area is 196 Å². The second kappa shape index (κ2) is 9.85. The van der Waals surface area contributed by atoms with Crippen LogP contribution in [0.4, 0.5) is 0 Å². The Morgan fingerprint density at radius 2 is 1.69 bits per heavy atom. The van der Waals surface area contributed by atoms with Crippen molar-refractivity contribution in [1.82, 2.24) is 5.32 Å². The highest BCUT2D eigenvalue weighted by Crippen LogP contribution is 2.46. The number of ether oxygens (including phenoxy) is 3. The quantitative estimate of drug-likeness (QED) is 0.467. The van der Waals surface area contributed by atoms with Gasteiger partial charge in [-0.15, -0.1) is 12.4 Å². The number of rotatable bonds is 8. The van der Waals surface area contributed by atoms with E-state index in [1.807, 2.05) is 24.3 Å². The maximum atomic E-state index is 5.92. The van der Waals surface area contributed by atoms with Gasteiger partial charge in [0.1, 0.15) is 12.4 Å². The number of hydrogen-bond acceptors (Lipinski definition) is 4. The summed E-state index contributed by atoms with van der Waals surface area (Å²) < 4.78 is 17.0. The SMILES string of the molecule is COc1ccc2c(c1OC)CCC2NC1CC1c1ccc(OCc2ccccc2)cc1.Cl. The van der Waals surface area contributed by atoms with Gasteiger partial charge in [0.2, 0.25) is 0 Å². The van der Waals surface area contributed by atoms with E-state index in [-0.39, 0.29) is 12.4 Å². The van der Waals surface area contributed by atoms with Crippen molar-refractivity contribution in [2.75, 3.05) is 14.2 Å². The molecule has 32 heavy (non-hydrogen) atoms. The standard InChI is InChI=1S/C27H29NO3.ClH/c1-29-26-15-13-21-22(27(26)30-2)12-14-24(21)28-25-16-23(25)19-8-10-20(11-9-19)31-17-18-6-4-3-5-7-18;/h3-11,13,15,23-25,28H,12,14,16-17H2,1-2H3;1H. The Bertz CT molecular complexity index is 1040. The normalized spacial score (nSPS) is 20.8. The zero-order valence-electron chi connectivity index (χ0n) is 18.5. The Morgan fingerprint density at radius 3 is 2.41 bits per heavy atom. The van der Waals surface area contributed by atoms with Crippen LogP contribution in [-0.2, 0) is 13.0 Å². The van der Waals surface area contributed by atoms with Crippen LogP contribution in [0.1, 0.15) is 47.1 Å². The average molecular weight is 452 g/mol. The molecule has 1 saturated carbocycles. The van der Waals surface area contributed by atoms with E-state index in [2.05, 4.69) is 47.8 Å². The van der Waals surface area contributed by atoms with E-state index >= 15 is 0 Å². The van der Waals surface area contributed by atoms with Crippen molar-refractivity contribution in [3.8, 4) is 17.2 Å². The van der Waals surface area contributed by atoms with E-state index < -0.39 is 0 Å². The smallest absolute Gasteiger partial charge is 0.164 e. The fourth-order valence-electron chi connectivity index (χ4n) is 4.77. The van der Waals surface area contributed by atoms with Gasteiger partial charge in [0.15, 0.2) is 11.5 Å². The molecule has 1 N–H and O–H groups in total. The lowest BCUT2D eigenvalue weighted by Gasteiger charge is -2.16. The minimum atomic E-state index is 0. The first-order chi connectivity index (χ1) is 15.3. The summed E-state index contributed by atoms with van der Waals surface area (Å²) in [5, 5.41) is 3.88. The first-order valence-electron chi connectivity index (χ1n) is 11.0. The maximum Gasteiger partial charge on any atom is 0.164 e. The molecular weight excluding hydrogens is 422 g/mol. The molecule has 0 radical (unpaired) electrons. The molecule has 0 heterocycles. The molecule has 5 heteroatoms. The summed E-state index contributed by atoms with van der Waals surface area (Å²) in [4.78, 5) is 0. The monoisotopic (exact) mass is 451 g/mol. The van der Waals surface area contributed by atoms with E-state index in [9.17, 15) is 0 Å². The second-order valence-corrected chi connectivity index (χ2v) is 8.42. The number of benzene rings is 3. The Kier molecular flexibility index (Phi) is 6.92. The van der Waals surface area contributed by atoms with Gasteiger partial charge < -0.3 is 19.5 Å². The molecule has 0 aromatic heterocycles. The predicted octanol–water partition coefficient (Wildman–Crippen LogP) is 5.84. The lowest BCUT2D eigenvalue weighted by molar-refractivity contribution is 0.306. The average Bonchev–Trinajstić information content (AvgIpc) is 3.48. The van der Waals surface area contributed by atoms with Crippen LogP contribution in [0.2, 0.25) is 0 Å². The zero-order valence-corrected chi connectivity index (χ0v) is 19.4. The third-order valence-corrected chi connectivity index (χ3v) is 6.51. The van der Waals surface area contributed by atoms with E-state index in [0.29, 0.717) is 24.6 Å². The number of hydrogen-bond donors (Lipinski definition) is 1. The molecule has 5 rings (SSSR count). The minimum absolute atomic E-state index is 0. The van der Waals surface area contributed by atoms with Crippen molar-refractivity contribution >= 4 is 12.4 Å². The van der Waals surface area contributed by atoms with E-state index in [1.54, 1.807) is 14.2 Å². The molecule has 0 saturated heterocycles. The molecule has 1 fully saturated rings. The van der Waals surface area contributed by atoms with Gasteiger partial charge in [0, 0.05) is 23.6 Å². The Hall–Kier alpha value is -2.69. The molecule has 0 aliphatic heterocycles. The van der Waals surface area contributed by atoms with Crippen LogP contribution >= 0.6 is 12.4 Å². The molecule has 0 bridgehead atoms. The summed E-state index contributed by atoms with van der Waals surface area (Å²) >= 11 is 0. The van der Waals surface area contributed by atoms with Gasteiger partial charge in [-0.25, -0.2) is 0 Å². The lowest BCUT2D eigenvalue weighted by atomic mass is 10.1. The summed E-state index contributed by atoms with van der Waals surface area (Å²) in [7, 11) is 3.42. The fraction of sp³-hybridized carbons (Fsp3) is 0.333. The van der Waals surface area contributed by atoms with Crippen molar-refractivity contribution in [3.63, 3.8) is 0 Å². The molecule has 3 unspecified atom stereocenters. The molecular formula is C27H30ClNO3. The van der Waals surface area contributed by atoms with Gasteiger partial charge in [0.05, 0.1) is 14.2 Å². The third kappa shape index (κ3) is 4.57. The van der Waals surface area contributed by atoms with E-state index in [0.717, 1.165) is 30.1 Å². The van der Waals surface area contributed by atoms with Gasteiger partial charge in [-0.2, -0.15) is 0 Å². The fourth-order valence-corrected chi connectivity index (χ4v) is 4.77. The Morgan fingerprint density at radius 1 is 0.906 bits per heavy atom. The topological polar surface area (TPSA) is 39.7 Å². The molecule has 0 spiro atoms. The highest BCUT2D eigenvalue weighted by atomic mass is 35.5. The number of halogens is 1. The minimum Gasteiger partial charge on any atom is -0.493 e. The van der Waals surface area contributed by atoms with Crippen LogP contribution in [0.15, 0.2) is 66.7 Å². The lowest BCUT2D eigenvalue weighted by Crippen LogP contribution is -2.22. The first-order valence-corrected chi connectivity index (χ1v) is 11.0. The molecule has 2 aliphatic rings. The van der Waals surface area contributed by atoms with E-state index in [4.69, 9.17) is 14.2 Å². The molecule has 3 atom stereocenters. The molecule has 4 nitrogen and oxygen atoms in total. The maximum absolute atomic E-state index is 5.92. The highest BCUT2D eigenvalue weighted by Gasteiger charge is 2.41. The van der Waals surface area contributed by atoms with Crippen molar-refractivity contribution in [2.24, 2.45) is 0 Å². The Balaban J connectivity index is 0.00000245. The van der Waals surface area contributed by atoms with Crippen LogP contribution in [0.3, 0.4) is 0 Å². The summed E-state index contributed by atoms with van der Waals surface area (Å²) in [6, 6.07) is 24.0. The van der Waals surface area contributed by atoms with Crippen molar-refractivity contribution < 1.29 is 14.2 Å². The van der Waals surface area contributed by atoms with Gasteiger partial charge in [0.25, 0.3) is 0 Å². The highest BCUT2D eigenvalue weighted by molar-refractivity contribution is 5.85. The van der Waals surface area contributed by atoms with Crippen molar-refractivity contribution in [3.05, 3.63) is 89.0 Å². The number of nitrogens with one attached hydrogen (secondary N) is 1. The largest absolute Gasteiger partial charge is 0.493 e. The number of fused-ring (bicyclic) bond motifs is 1. The summed E-state index contributed by atoms with van der Waals surface area (Å²) in [6.45, 7) is 0.600. The van der Waals surface area contributed by atoms with Gasteiger partial charge >= 0.3 is 0 Å². The number of methoxy groups -OCH3 is 2. The second-order valence-electron chi connectivity index (χ2n) is 8.42. The third-order valence-electron chi connectivity index (χ3n) is 6.51. The van der Waals surface area contributed by atoms with Crippen molar-refractivity contribution in [2.45, 2.75) is 43.9 Å². The molecule has 168 valence electrons. The summed E-state index contributed by atoms with van der Waals surface area (Å²) in [6.07, 6.45) is 3.32. The van der Waals surface area contributed by atoms with Crippen LogP contribution < -0.4 is 19.5 Å². The summed E-state index contributed by atoms with van der Waals surface area (Å²) in [5.74, 6) is 3.21. The first kappa shape index (κ1) is 22.5. The van der Waals surface area contributed by atoms with Crippen LogP contribution in [0, 0.1) is 0 Å². The summed E-state index contributed by atoms with van der Waals surface area (Å²) in [5.41, 5.74) is 5.21. The van der Waals surface area contributed by atoms with Gasteiger partial charge in [-0.05, 0) is 54.2 Å². The van der Waals surface area contributed by atoms with Crippen molar-refractivity contribution in [1.29, 1.82) is 0 Å². The molecule has 3 aromatic carbocycles. The zero-order chi connectivity index (χ0) is 21.2. The van der Waals surface area contributed by atoms with Crippen LogP contribution in [0.25, 0.3) is 0 Å². The molecule has 0 amide bonds. The predicted molar refractivity (Wildman–Crippen MR) is 129 cm³/mol. The van der Waals surface area contributed by atoms with Crippen LogP contribution in [-0.4, -0.2) is 20.3 Å². The van der Waals surface area contributed by atoms with E-state index in [1.165, 1.54) is 28.7 Å². The molecule has 2 aliphatic carbocycles.